The summed E-state index contributed by atoms with van der Waals surface area (Å²) in [6.07, 6.45) is 1.16. The molecule has 4 heteroatoms. The number of anilines is 1. The van der Waals surface area contributed by atoms with Crippen LogP contribution in [0.4, 0.5) is 5.69 Å². The van der Waals surface area contributed by atoms with E-state index in [1.54, 1.807) is 12.0 Å². The van der Waals surface area contributed by atoms with E-state index in [0.29, 0.717) is 12.8 Å². The van der Waals surface area contributed by atoms with Gasteiger partial charge in [-0.05, 0) is 36.4 Å². The number of carbonyl (C=O) groups excluding carboxylic acids is 1. The van der Waals surface area contributed by atoms with Gasteiger partial charge in [0.15, 0.2) is 0 Å². The van der Waals surface area contributed by atoms with Crippen LogP contribution < -0.4 is 14.4 Å². The highest BCUT2D eigenvalue weighted by atomic mass is 16.5. The normalized spacial score (nSPS) is 22.7. The molecule has 0 aliphatic carbocycles. The van der Waals surface area contributed by atoms with E-state index < -0.39 is 5.72 Å². The van der Waals surface area contributed by atoms with Gasteiger partial charge in [-0.15, -0.1) is 0 Å². The molecule has 2 heterocycles. The van der Waals surface area contributed by atoms with Gasteiger partial charge >= 0.3 is 0 Å². The fraction of sp³-hybridized carbons (Fsp3) is 0.235. The van der Waals surface area contributed by atoms with E-state index in [1.807, 2.05) is 48.5 Å². The van der Waals surface area contributed by atoms with Gasteiger partial charge in [0.2, 0.25) is 11.6 Å². The van der Waals surface area contributed by atoms with Gasteiger partial charge in [-0.1, -0.05) is 12.1 Å². The summed E-state index contributed by atoms with van der Waals surface area (Å²) in [6.45, 7) is 0. The number of rotatable bonds is 2. The van der Waals surface area contributed by atoms with E-state index in [1.165, 1.54) is 0 Å². The van der Waals surface area contributed by atoms with E-state index in [9.17, 15) is 4.79 Å². The zero-order chi connectivity index (χ0) is 14.4. The average molecular weight is 281 g/mol. The van der Waals surface area contributed by atoms with Crippen molar-refractivity contribution in [1.29, 1.82) is 0 Å². The highest BCUT2D eigenvalue weighted by molar-refractivity contribution is 6.00. The first-order valence-electron chi connectivity index (χ1n) is 7.00. The first-order valence-corrected chi connectivity index (χ1v) is 7.00. The summed E-state index contributed by atoms with van der Waals surface area (Å²) in [7, 11) is 1.64. The molecule has 4 rings (SSSR count). The summed E-state index contributed by atoms with van der Waals surface area (Å²) in [5.74, 6) is 1.67. The molecule has 21 heavy (non-hydrogen) atoms. The van der Waals surface area contributed by atoms with Crippen molar-refractivity contribution >= 4 is 11.6 Å². The molecule has 0 unspecified atom stereocenters. The zero-order valence-corrected chi connectivity index (χ0v) is 11.7. The van der Waals surface area contributed by atoms with Gasteiger partial charge in [0, 0.05) is 18.4 Å². The van der Waals surface area contributed by atoms with Crippen LogP contribution in [0.2, 0.25) is 0 Å². The minimum atomic E-state index is -0.701. The Morgan fingerprint density at radius 3 is 2.67 bits per heavy atom. The van der Waals surface area contributed by atoms with Gasteiger partial charge in [0.1, 0.15) is 11.5 Å². The van der Waals surface area contributed by atoms with E-state index in [4.69, 9.17) is 9.47 Å². The van der Waals surface area contributed by atoms with E-state index in [-0.39, 0.29) is 5.91 Å². The van der Waals surface area contributed by atoms with Gasteiger partial charge in [-0.3, -0.25) is 9.69 Å². The Balaban J connectivity index is 1.84. The minimum absolute atomic E-state index is 0.107. The second-order valence-corrected chi connectivity index (χ2v) is 5.31. The van der Waals surface area contributed by atoms with E-state index >= 15 is 0 Å². The van der Waals surface area contributed by atoms with Crippen molar-refractivity contribution in [2.24, 2.45) is 0 Å². The molecule has 1 fully saturated rings. The van der Waals surface area contributed by atoms with Crippen LogP contribution in [-0.4, -0.2) is 13.0 Å². The van der Waals surface area contributed by atoms with Crippen LogP contribution in [0.3, 0.4) is 0 Å². The fourth-order valence-electron chi connectivity index (χ4n) is 3.22. The molecule has 2 aliphatic rings. The number of nitrogens with zero attached hydrogens (tertiary/aromatic N) is 1. The van der Waals surface area contributed by atoms with Crippen LogP contribution in [0.5, 0.6) is 11.5 Å². The first-order chi connectivity index (χ1) is 10.2. The Morgan fingerprint density at radius 2 is 1.90 bits per heavy atom. The molecule has 0 aromatic heterocycles. The predicted molar refractivity (Wildman–Crippen MR) is 78.5 cm³/mol. The lowest BCUT2D eigenvalue weighted by atomic mass is 10.00. The third-order valence-electron chi connectivity index (χ3n) is 4.21. The number of benzene rings is 2. The van der Waals surface area contributed by atoms with Crippen LogP contribution in [0.15, 0.2) is 48.5 Å². The maximum atomic E-state index is 12.3. The summed E-state index contributed by atoms with van der Waals surface area (Å²) in [4.78, 5) is 14.1. The standard InChI is InChI=1S/C17H15NO3/c1-20-13-8-6-12(7-9-13)17-11-10-16(19)18(17)14-4-2-3-5-15(14)21-17/h2-9H,10-11H2,1H3/t17-/m0/s1. The molecular weight excluding hydrogens is 266 g/mol. The molecule has 0 radical (unpaired) electrons. The smallest absolute Gasteiger partial charge is 0.230 e. The molecule has 0 bridgehead atoms. The Bertz CT molecular complexity index is 710. The predicted octanol–water partition coefficient (Wildman–Crippen LogP) is 3.07. The number of ether oxygens (including phenoxy) is 2. The molecule has 1 atom stereocenters. The molecule has 2 aromatic rings. The Morgan fingerprint density at radius 1 is 1.14 bits per heavy atom. The van der Waals surface area contributed by atoms with Gasteiger partial charge in [-0.2, -0.15) is 0 Å². The summed E-state index contributed by atoms with van der Waals surface area (Å²) in [5.41, 5.74) is 1.13. The average Bonchev–Trinajstić information content (AvgIpc) is 3.03. The largest absolute Gasteiger partial charge is 0.497 e. The molecule has 0 N–H and O–H groups in total. The van der Waals surface area contributed by atoms with Crippen molar-refractivity contribution in [2.75, 3.05) is 12.0 Å². The Labute approximate surface area is 122 Å². The zero-order valence-electron chi connectivity index (χ0n) is 11.7. The van der Waals surface area contributed by atoms with Crippen LogP contribution >= 0.6 is 0 Å². The minimum Gasteiger partial charge on any atom is -0.497 e. The molecule has 4 nitrogen and oxygen atoms in total. The van der Waals surface area contributed by atoms with Crippen molar-refractivity contribution in [3.05, 3.63) is 54.1 Å². The van der Waals surface area contributed by atoms with E-state index in [2.05, 4.69) is 0 Å². The molecule has 2 aromatic carbocycles. The van der Waals surface area contributed by atoms with E-state index in [0.717, 1.165) is 22.7 Å². The lowest BCUT2D eigenvalue weighted by Gasteiger charge is -2.31. The van der Waals surface area contributed by atoms with Gasteiger partial charge in [-0.25, -0.2) is 0 Å². The first kappa shape index (κ1) is 12.3. The quantitative estimate of drug-likeness (QED) is 0.849. The lowest BCUT2D eigenvalue weighted by molar-refractivity contribution is -0.117. The molecule has 2 aliphatic heterocycles. The van der Waals surface area contributed by atoms with Crippen molar-refractivity contribution in [3.8, 4) is 11.5 Å². The van der Waals surface area contributed by atoms with Crippen molar-refractivity contribution in [3.63, 3.8) is 0 Å². The number of methoxy groups -OCH3 is 1. The van der Waals surface area contributed by atoms with Crippen molar-refractivity contribution in [2.45, 2.75) is 18.6 Å². The second-order valence-electron chi connectivity index (χ2n) is 5.31. The number of amides is 1. The molecule has 0 saturated carbocycles. The fourth-order valence-corrected chi connectivity index (χ4v) is 3.22. The number of fused-ring (bicyclic) bond motifs is 3. The molecule has 0 spiro atoms. The van der Waals surface area contributed by atoms with Crippen molar-refractivity contribution in [1.82, 2.24) is 0 Å². The SMILES string of the molecule is COc1ccc([C@@]23CCC(=O)N2c2ccccc2O3)cc1. The molecular formula is C17H15NO3. The third kappa shape index (κ3) is 1.59. The number of hydrogen-bond donors (Lipinski definition) is 0. The van der Waals surface area contributed by atoms with Gasteiger partial charge in [0.05, 0.1) is 12.8 Å². The summed E-state index contributed by atoms with van der Waals surface area (Å²) in [6, 6.07) is 15.4. The van der Waals surface area contributed by atoms with Gasteiger partial charge < -0.3 is 9.47 Å². The molecule has 1 amide bonds. The summed E-state index contributed by atoms with van der Waals surface area (Å²) in [5, 5.41) is 0. The van der Waals surface area contributed by atoms with Crippen LogP contribution in [0.1, 0.15) is 18.4 Å². The topological polar surface area (TPSA) is 38.8 Å². The highest BCUT2D eigenvalue weighted by Crippen LogP contribution is 2.52. The number of hydrogen-bond acceptors (Lipinski definition) is 3. The Hall–Kier alpha value is -2.49. The summed E-state index contributed by atoms with van der Waals surface area (Å²) >= 11 is 0. The number of carbonyl (C=O) groups is 1. The highest BCUT2D eigenvalue weighted by Gasteiger charge is 2.54. The van der Waals surface area contributed by atoms with Crippen LogP contribution in [0.25, 0.3) is 0 Å². The summed E-state index contributed by atoms with van der Waals surface area (Å²) < 4.78 is 11.4. The monoisotopic (exact) mass is 281 g/mol. The number of para-hydroxylation sites is 2. The molecule has 1 saturated heterocycles. The maximum absolute atomic E-state index is 12.3. The lowest BCUT2D eigenvalue weighted by Crippen LogP contribution is -2.43. The van der Waals surface area contributed by atoms with Crippen LogP contribution in [0, 0.1) is 0 Å². The third-order valence-corrected chi connectivity index (χ3v) is 4.21. The second kappa shape index (κ2) is 4.25. The van der Waals surface area contributed by atoms with Crippen LogP contribution in [-0.2, 0) is 10.5 Å². The maximum Gasteiger partial charge on any atom is 0.230 e. The molecule has 106 valence electrons. The Kier molecular flexibility index (Phi) is 2.48. The van der Waals surface area contributed by atoms with Crippen molar-refractivity contribution < 1.29 is 14.3 Å². The van der Waals surface area contributed by atoms with Gasteiger partial charge in [0.25, 0.3) is 0 Å².